The first kappa shape index (κ1) is 15.9. The zero-order valence-corrected chi connectivity index (χ0v) is 14.4. The Morgan fingerprint density at radius 1 is 1.19 bits per heavy atom. The van der Waals surface area contributed by atoms with E-state index in [0.717, 1.165) is 25.9 Å². The van der Waals surface area contributed by atoms with Gasteiger partial charge in [0.15, 0.2) is 0 Å². The molecule has 4 nitrogen and oxygen atoms in total. The van der Waals surface area contributed by atoms with Crippen molar-refractivity contribution in [3.05, 3.63) is 56.5 Å². The van der Waals surface area contributed by atoms with Gasteiger partial charge >= 0.3 is 5.97 Å². The van der Waals surface area contributed by atoms with Crippen LogP contribution in [0.2, 0.25) is 0 Å². The number of hydrogen-bond acceptors (Lipinski definition) is 3. The number of nitrogens with one attached hydrogen (secondary N) is 1. The largest absolute Gasteiger partial charge is 0.494 e. The van der Waals surface area contributed by atoms with E-state index in [1.807, 2.05) is 12.1 Å². The van der Waals surface area contributed by atoms with Gasteiger partial charge in [-0.15, -0.1) is 0 Å². The number of aromatic carboxylic acids is 1. The van der Waals surface area contributed by atoms with Crippen LogP contribution >= 0.6 is 31.9 Å². The highest BCUT2D eigenvalue weighted by molar-refractivity contribution is 9.11. The molecular weight excluding hydrogens is 402 g/mol. The first-order valence-corrected chi connectivity index (χ1v) is 7.69. The van der Waals surface area contributed by atoms with Crippen molar-refractivity contribution in [3.63, 3.8) is 0 Å². The molecule has 0 aromatic heterocycles. The third-order valence-electron chi connectivity index (χ3n) is 2.89. The van der Waals surface area contributed by atoms with Gasteiger partial charge in [-0.05, 0) is 73.8 Å². The van der Waals surface area contributed by atoms with Crippen LogP contribution in [0.4, 0.5) is 5.69 Å². The van der Waals surface area contributed by atoms with Gasteiger partial charge in [-0.1, -0.05) is 0 Å². The lowest BCUT2D eigenvalue weighted by Crippen LogP contribution is -2.01. The number of rotatable bonds is 5. The monoisotopic (exact) mass is 413 g/mol. The first-order valence-electron chi connectivity index (χ1n) is 6.10. The Morgan fingerprint density at radius 3 is 2.24 bits per heavy atom. The van der Waals surface area contributed by atoms with E-state index in [1.165, 1.54) is 0 Å². The van der Waals surface area contributed by atoms with Gasteiger partial charge in [0.25, 0.3) is 0 Å². The Bertz CT molecular complexity index is 633. The molecule has 0 bridgehead atoms. The fourth-order valence-electron chi connectivity index (χ4n) is 1.84. The third kappa shape index (κ3) is 3.98. The standard InChI is InChI=1S/C15H13Br2NO3/c1-21-14-12(16)6-9(7-13(14)17)8-18-11-4-2-10(3-5-11)15(19)20/h2-7,18H,8H2,1H3,(H,19,20). The van der Waals surface area contributed by atoms with Crippen molar-refractivity contribution in [2.24, 2.45) is 0 Å². The molecule has 0 aliphatic rings. The topological polar surface area (TPSA) is 58.6 Å². The van der Waals surface area contributed by atoms with Crippen molar-refractivity contribution in [1.82, 2.24) is 0 Å². The lowest BCUT2D eigenvalue weighted by Gasteiger charge is -2.11. The molecule has 110 valence electrons. The van der Waals surface area contributed by atoms with Crippen molar-refractivity contribution < 1.29 is 14.6 Å². The lowest BCUT2D eigenvalue weighted by molar-refractivity contribution is 0.0697. The second-order valence-electron chi connectivity index (χ2n) is 4.33. The maximum Gasteiger partial charge on any atom is 0.335 e. The Balaban J connectivity index is 2.07. The highest BCUT2D eigenvalue weighted by Gasteiger charge is 2.08. The minimum absolute atomic E-state index is 0.274. The van der Waals surface area contributed by atoms with E-state index in [-0.39, 0.29) is 5.56 Å². The second-order valence-corrected chi connectivity index (χ2v) is 6.04. The molecular formula is C15H13Br2NO3. The quantitative estimate of drug-likeness (QED) is 0.754. The van der Waals surface area contributed by atoms with Gasteiger partial charge in [-0.25, -0.2) is 4.79 Å². The SMILES string of the molecule is COc1c(Br)cc(CNc2ccc(C(=O)O)cc2)cc1Br. The molecule has 0 fully saturated rings. The average molecular weight is 415 g/mol. The summed E-state index contributed by atoms with van der Waals surface area (Å²) in [5.41, 5.74) is 2.20. The minimum atomic E-state index is -0.926. The minimum Gasteiger partial charge on any atom is -0.494 e. The van der Waals surface area contributed by atoms with Crippen molar-refractivity contribution >= 4 is 43.5 Å². The first-order chi connectivity index (χ1) is 10.0. The van der Waals surface area contributed by atoms with E-state index < -0.39 is 5.97 Å². The van der Waals surface area contributed by atoms with Gasteiger partial charge in [-0.3, -0.25) is 0 Å². The van der Waals surface area contributed by atoms with Gasteiger partial charge in [-0.2, -0.15) is 0 Å². The van der Waals surface area contributed by atoms with E-state index in [1.54, 1.807) is 31.4 Å². The van der Waals surface area contributed by atoms with Gasteiger partial charge in [0.1, 0.15) is 5.75 Å². The molecule has 2 rings (SSSR count). The molecule has 0 radical (unpaired) electrons. The summed E-state index contributed by atoms with van der Waals surface area (Å²) in [6.45, 7) is 0.619. The Kier molecular flexibility index (Phi) is 5.25. The summed E-state index contributed by atoms with van der Waals surface area (Å²) >= 11 is 6.92. The van der Waals surface area contributed by atoms with Gasteiger partial charge in [0, 0.05) is 12.2 Å². The summed E-state index contributed by atoms with van der Waals surface area (Å²) in [6, 6.07) is 10.6. The van der Waals surface area contributed by atoms with Crippen LogP contribution in [0.15, 0.2) is 45.3 Å². The molecule has 0 aliphatic carbocycles. The van der Waals surface area contributed by atoms with Crippen LogP contribution < -0.4 is 10.1 Å². The number of carboxylic acids is 1. The molecule has 6 heteroatoms. The van der Waals surface area contributed by atoms with E-state index in [2.05, 4.69) is 37.2 Å². The number of anilines is 1. The zero-order valence-electron chi connectivity index (χ0n) is 11.2. The number of ether oxygens (including phenoxy) is 1. The molecule has 0 unspecified atom stereocenters. The van der Waals surface area contributed by atoms with E-state index in [9.17, 15) is 4.79 Å². The summed E-state index contributed by atoms with van der Waals surface area (Å²) < 4.78 is 7.00. The number of carbonyl (C=O) groups is 1. The highest BCUT2D eigenvalue weighted by atomic mass is 79.9. The van der Waals surface area contributed by atoms with Crippen LogP contribution in [-0.4, -0.2) is 18.2 Å². The number of methoxy groups -OCH3 is 1. The Hall–Kier alpha value is -1.53. The summed E-state index contributed by atoms with van der Waals surface area (Å²) in [7, 11) is 1.62. The van der Waals surface area contributed by atoms with Crippen molar-refractivity contribution in [2.75, 3.05) is 12.4 Å². The molecule has 2 aromatic carbocycles. The van der Waals surface area contributed by atoms with Crippen LogP contribution in [0.5, 0.6) is 5.75 Å². The summed E-state index contributed by atoms with van der Waals surface area (Å²) in [5.74, 6) is -0.172. The number of benzene rings is 2. The summed E-state index contributed by atoms with van der Waals surface area (Å²) in [4.78, 5) is 10.8. The predicted octanol–water partition coefficient (Wildman–Crippen LogP) is 4.53. The second kappa shape index (κ2) is 6.95. The molecule has 2 aromatic rings. The zero-order chi connectivity index (χ0) is 15.4. The van der Waals surface area contributed by atoms with Crippen LogP contribution in [0, 0.1) is 0 Å². The van der Waals surface area contributed by atoms with Crippen molar-refractivity contribution in [2.45, 2.75) is 6.54 Å². The third-order valence-corrected chi connectivity index (χ3v) is 4.07. The maximum atomic E-state index is 10.8. The lowest BCUT2D eigenvalue weighted by atomic mass is 10.2. The molecule has 0 heterocycles. The highest BCUT2D eigenvalue weighted by Crippen LogP contribution is 2.34. The van der Waals surface area contributed by atoms with E-state index >= 15 is 0 Å². The summed E-state index contributed by atoms with van der Waals surface area (Å²) in [5, 5.41) is 12.1. The molecule has 21 heavy (non-hydrogen) atoms. The molecule has 0 saturated carbocycles. The molecule has 0 spiro atoms. The molecule has 0 atom stereocenters. The summed E-state index contributed by atoms with van der Waals surface area (Å²) in [6.07, 6.45) is 0. The van der Waals surface area contributed by atoms with Crippen LogP contribution in [0.1, 0.15) is 15.9 Å². The fraction of sp³-hybridized carbons (Fsp3) is 0.133. The van der Waals surface area contributed by atoms with Gasteiger partial charge in [0.05, 0.1) is 21.6 Å². The normalized spacial score (nSPS) is 10.2. The molecule has 0 aliphatic heterocycles. The van der Waals surface area contributed by atoms with E-state index in [0.29, 0.717) is 6.54 Å². The molecule has 0 amide bonds. The Labute approximate surface area is 139 Å². The van der Waals surface area contributed by atoms with Gasteiger partial charge in [0.2, 0.25) is 0 Å². The van der Waals surface area contributed by atoms with Gasteiger partial charge < -0.3 is 15.2 Å². The van der Waals surface area contributed by atoms with E-state index in [4.69, 9.17) is 9.84 Å². The van der Waals surface area contributed by atoms with Crippen LogP contribution in [0.25, 0.3) is 0 Å². The van der Waals surface area contributed by atoms with Crippen LogP contribution in [-0.2, 0) is 6.54 Å². The fourth-order valence-corrected chi connectivity index (χ4v) is 3.45. The smallest absolute Gasteiger partial charge is 0.335 e. The van der Waals surface area contributed by atoms with Crippen molar-refractivity contribution in [3.8, 4) is 5.75 Å². The van der Waals surface area contributed by atoms with Crippen LogP contribution in [0.3, 0.4) is 0 Å². The number of hydrogen-bond donors (Lipinski definition) is 2. The maximum absolute atomic E-state index is 10.8. The van der Waals surface area contributed by atoms with Crippen molar-refractivity contribution in [1.29, 1.82) is 0 Å². The molecule has 2 N–H and O–H groups in total. The Morgan fingerprint density at radius 2 is 1.76 bits per heavy atom. The average Bonchev–Trinajstić information content (AvgIpc) is 2.45. The predicted molar refractivity (Wildman–Crippen MR) is 89.1 cm³/mol. The number of halogens is 2. The molecule has 0 saturated heterocycles. The number of carboxylic acid groups (broad SMARTS) is 1.